The molecule has 2 heterocycles. The van der Waals surface area contributed by atoms with E-state index in [9.17, 15) is 26.3 Å². The number of halogens is 6. The van der Waals surface area contributed by atoms with E-state index < -0.39 is 35.3 Å². The van der Waals surface area contributed by atoms with Crippen molar-refractivity contribution in [2.75, 3.05) is 0 Å². The van der Waals surface area contributed by atoms with Gasteiger partial charge in [-0.3, -0.25) is 4.98 Å². The fourth-order valence-electron chi connectivity index (χ4n) is 1.50. The number of pyridine rings is 1. The van der Waals surface area contributed by atoms with Crippen LogP contribution in [0.15, 0.2) is 42.6 Å². The third-order valence-electron chi connectivity index (χ3n) is 2.61. The van der Waals surface area contributed by atoms with E-state index in [4.69, 9.17) is 0 Å². The molecular formula is C12H8F6NSb. The Hall–Kier alpha value is -0.972. The molecule has 0 radical (unpaired) electrons. The Morgan fingerprint density at radius 2 is 1.35 bits per heavy atom. The molecule has 1 aromatic heterocycles. The van der Waals surface area contributed by atoms with E-state index in [1.54, 1.807) is 0 Å². The van der Waals surface area contributed by atoms with Crippen molar-refractivity contribution in [1.82, 2.24) is 4.98 Å². The number of hydrogen-bond acceptors (Lipinski definition) is 1. The van der Waals surface area contributed by atoms with Crippen LogP contribution in [0, 0.1) is 0 Å². The van der Waals surface area contributed by atoms with Gasteiger partial charge in [0.1, 0.15) is 0 Å². The SMILES string of the molecule is F[C]1(F)[SbH][C](F)(F)C1(F)F.c1ccc2ncccc2c1. The molecule has 0 unspecified atom stereocenters. The van der Waals surface area contributed by atoms with E-state index in [2.05, 4.69) is 17.1 Å². The van der Waals surface area contributed by atoms with Gasteiger partial charge >= 0.3 is 61.6 Å². The van der Waals surface area contributed by atoms with Crippen molar-refractivity contribution in [3.63, 3.8) is 0 Å². The van der Waals surface area contributed by atoms with Crippen LogP contribution in [0.25, 0.3) is 10.9 Å². The molecule has 20 heavy (non-hydrogen) atoms. The first-order valence-corrected chi connectivity index (χ1v) is 8.25. The van der Waals surface area contributed by atoms with Crippen molar-refractivity contribution >= 4 is 32.5 Å². The zero-order valence-corrected chi connectivity index (χ0v) is 12.6. The number of alkyl halides is 6. The van der Waals surface area contributed by atoms with Gasteiger partial charge < -0.3 is 0 Å². The van der Waals surface area contributed by atoms with Gasteiger partial charge in [0.25, 0.3) is 0 Å². The summed E-state index contributed by atoms with van der Waals surface area (Å²) in [5.74, 6) is -5.08. The van der Waals surface area contributed by atoms with Crippen LogP contribution in [0.5, 0.6) is 0 Å². The molecule has 0 bridgehead atoms. The largest absolute Gasteiger partial charge is 0.256 e. The first-order chi connectivity index (χ1) is 9.17. The zero-order valence-electron chi connectivity index (χ0n) is 9.76. The topological polar surface area (TPSA) is 12.9 Å². The molecule has 8 heteroatoms. The van der Waals surface area contributed by atoms with E-state index in [1.807, 2.05) is 30.5 Å². The summed E-state index contributed by atoms with van der Waals surface area (Å²) in [5.41, 5.74) is 1.06. The van der Waals surface area contributed by atoms with Gasteiger partial charge in [0.05, 0.1) is 5.52 Å². The van der Waals surface area contributed by atoms with Crippen LogP contribution in [0.2, 0.25) is 0 Å². The van der Waals surface area contributed by atoms with Crippen LogP contribution in [0.1, 0.15) is 0 Å². The summed E-state index contributed by atoms with van der Waals surface area (Å²) in [4.78, 5) is 4.18. The maximum Gasteiger partial charge on any atom is 0.0701 e. The predicted octanol–water partition coefficient (Wildman–Crippen LogP) is 3.49. The van der Waals surface area contributed by atoms with Gasteiger partial charge in [0, 0.05) is 11.6 Å². The molecule has 0 aliphatic carbocycles. The summed E-state index contributed by atoms with van der Waals surface area (Å²) >= 11 is -3.53. The number of hydrogen-bond donors (Lipinski definition) is 0. The predicted molar refractivity (Wildman–Crippen MR) is 63.7 cm³/mol. The Balaban J connectivity index is 0.000000147. The van der Waals surface area contributed by atoms with Crippen molar-refractivity contribution in [2.24, 2.45) is 0 Å². The maximum atomic E-state index is 11.7. The summed E-state index contributed by atoms with van der Waals surface area (Å²) in [7, 11) is 0. The molecular weight excluding hydrogens is 394 g/mol. The van der Waals surface area contributed by atoms with Crippen molar-refractivity contribution in [2.45, 2.75) is 13.7 Å². The number of para-hydroxylation sites is 1. The Kier molecular flexibility index (Phi) is 3.93. The van der Waals surface area contributed by atoms with E-state index in [-0.39, 0.29) is 0 Å². The van der Waals surface area contributed by atoms with Gasteiger partial charge in [-0.05, 0) is 12.1 Å². The number of benzene rings is 1. The van der Waals surface area contributed by atoms with Crippen molar-refractivity contribution in [1.29, 1.82) is 0 Å². The summed E-state index contributed by atoms with van der Waals surface area (Å²) in [5, 5.41) is 1.20. The van der Waals surface area contributed by atoms with Gasteiger partial charge in [-0.15, -0.1) is 0 Å². The fourth-order valence-corrected chi connectivity index (χ4v) is 3.89. The molecule has 1 aromatic carbocycles. The average molecular weight is 402 g/mol. The van der Waals surface area contributed by atoms with Crippen LogP contribution in [-0.4, -0.2) is 40.3 Å². The molecule has 0 amide bonds. The van der Waals surface area contributed by atoms with Gasteiger partial charge in [0.2, 0.25) is 0 Å². The minimum atomic E-state index is -5.08. The van der Waals surface area contributed by atoms with Crippen LogP contribution in [0.3, 0.4) is 0 Å². The molecule has 1 fully saturated rings. The standard InChI is InChI=1S/C9H7N.C3F6.Sb.H/c1-2-6-9-8(4-1)5-3-7-10-9;4-1(5)3(8,9)2(6)7;;/h1-7H;;;. The summed E-state index contributed by atoms with van der Waals surface area (Å²) in [6, 6.07) is 12.1. The van der Waals surface area contributed by atoms with Crippen molar-refractivity contribution in [3.05, 3.63) is 42.6 Å². The van der Waals surface area contributed by atoms with Gasteiger partial charge in [-0.25, -0.2) is 0 Å². The first kappa shape index (κ1) is 15.4. The fraction of sp³-hybridized carbons (Fsp3) is 0.250. The summed E-state index contributed by atoms with van der Waals surface area (Å²) in [6.45, 7) is 0. The van der Waals surface area contributed by atoms with E-state index in [0.717, 1.165) is 5.52 Å². The Morgan fingerprint density at radius 1 is 0.800 bits per heavy atom. The minimum absolute atomic E-state index is 1.06. The van der Waals surface area contributed by atoms with Crippen LogP contribution in [-0.2, 0) is 0 Å². The smallest absolute Gasteiger partial charge is 0.0701 e. The molecule has 3 rings (SSSR count). The normalized spacial score (nSPS) is 21.5. The third kappa shape index (κ3) is 2.60. The third-order valence-corrected chi connectivity index (χ3v) is 6.20. The molecule has 2 aromatic rings. The minimum Gasteiger partial charge on any atom is -0.256 e. The maximum absolute atomic E-state index is 11.7. The van der Waals surface area contributed by atoms with E-state index >= 15 is 0 Å². The Morgan fingerprint density at radius 3 is 1.80 bits per heavy atom. The molecule has 0 saturated carbocycles. The quantitative estimate of drug-likeness (QED) is 0.486. The Bertz CT molecular complexity index is 534. The number of aromatic nitrogens is 1. The van der Waals surface area contributed by atoms with Crippen molar-refractivity contribution in [3.8, 4) is 0 Å². The molecule has 1 aliphatic heterocycles. The zero-order chi connectivity index (χ0) is 15.0. The average Bonchev–Trinajstić information content (AvgIpc) is 2.38. The van der Waals surface area contributed by atoms with Crippen LogP contribution < -0.4 is 0 Å². The molecule has 0 N–H and O–H groups in total. The first-order valence-electron chi connectivity index (χ1n) is 5.40. The number of fused-ring (bicyclic) bond motifs is 1. The molecule has 1 aliphatic rings. The number of rotatable bonds is 0. The van der Waals surface area contributed by atoms with E-state index in [0.29, 0.717) is 0 Å². The Labute approximate surface area is 120 Å². The molecule has 0 atom stereocenters. The van der Waals surface area contributed by atoms with Gasteiger partial charge in [0.15, 0.2) is 0 Å². The molecule has 1 saturated heterocycles. The summed E-state index contributed by atoms with van der Waals surface area (Å²) < 4.78 is 61.2. The molecule has 1 nitrogen and oxygen atoms in total. The van der Waals surface area contributed by atoms with Crippen LogP contribution >= 0.6 is 0 Å². The second-order valence-corrected chi connectivity index (χ2v) is 8.34. The monoisotopic (exact) mass is 401 g/mol. The number of nitrogens with zero attached hydrogens (tertiary/aromatic N) is 1. The summed E-state index contributed by atoms with van der Waals surface area (Å²) in [6.07, 6.45) is 1.81. The van der Waals surface area contributed by atoms with Crippen molar-refractivity contribution < 1.29 is 26.3 Å². The second-order valence-electron chi connectivity index (χ2n) is 4.04. The molecule has 0 spiro atoms. The van der Waals surface area contributed by atoms with Crippen LogP contribution in [0.4, 0.5) is 26.3 Å². The molecule has 108 valence electrons. The second kappa shape index (κ2) is 5.10. The van der Waals surface area contributed by atoms with E-state index in [1.165, 1.54) is 5.39 Å². The van der Waals surface area contributed by atoms with Gasteiger partial charge in [-0.1, -0.05) is 24.3 Å². The van der Waals surface area contributed by atoms with Gasteiger partial charge in [-0.2, -0.15) is 0 Å².